The van der Waals surface area contributed by atoms with Crippen LogP contribution in [0.25, 0.3) is 0 Å². The van der Waals surface area contributed by atoms with Gasteiger partial charge in [-0.3, -0.25) is 13.9 Å². The summed E-state index contributed by atoms with van der Waals surface area (Å²) < 4.78 is 64.7. The van der Waals surface area contributed by atoms with Crippen molar-refractivity contribution in [2.45, 2.75) is 63.9 Å². The molecule has 1 aliphatic heterocycles. The highest BCUT2D eigenvalue weighted by Gasteiger charge is 2.59. The number of alkyl halides is 1. The standard InChI is InChI=1S/C24H32F2N3O9P/c1-13(2)35-21(31)14(3)11-39(34,38-16-8-6-5-7-9-16)37-15(4)18-19(30)24(33,12-25)22(36-18)29-10-17(26)20(27)28-23(29)32/h5-10,13-15,18-19,22,30,33H,11-12H2,1-4H3,(H2,27,28,32)/t14-,15+,18-,19+,22-,24?,39?/m1/s1. The second-order valence-corrected chi connectivity index (χ2v) is 11.6. The highest BCUT2D eigenvalue weighted by molar-refractivity contribution is 7.54. The predicted octanol–water partition coefficient (Wildman–Crippen LogP) is 2.19. The van der Waals surface area contributed by atoms with Crippen molar-refractivity contribution < 1.29 is 46.9 Å². The molecule has 12 nitrogen and oxygen atoms in total. The molecule has 0 bridgehead atoms. The van der Waals surface area contributed by atoms with E-state index in [0.717, 1.165) is 0 Å². The average Bonchev–Trinajstić information content (AvgIpc) is 3.12. The zero-order valence-electron chi connectivity index (χ0n) is 21.8. The van der Waals surface area contributed by atoms with Gasteiger partial charge >= 0.3 is 19.3 Å². The Morgan fingerprint density at radius 2 is 1.92 bits per heavy atom. The van der Waals surface area contributed by atoms with E-state index in [-0.39, 0.29) is 5.75 Å². The first-order valence-electron chi connectivity index (χ1n) is 12.1. The summed E-state index contributed by atoms with van der Waals surface area (Å²) in [5, 5.41) is 21.7. The molecule has 0 amide bonds. The number of hydrogen-bond donors (Lipinski definition) is 3. The topological polar surface area (TPSA) is 172 Å². The first-order chi connectivity index (χ1) is 18.2. The van der Waals surface area contributed by atoms with Gasteiger partial charge in [0.05, 0.1) is 30.5 Å². The summed E-state index contributed by atoms with van der Waals surface area (Å²) in [6.45, 7) is 4.46. The molecule has 0 aliphatic carbocycles. The van der Waals surface area contributed by atoms with Crippen molar-refractivity contribution in [2.75, 3.05) is 18.6 Å². The summed E-state index contributed by atoms with van der Waals surface area (Å²) in [6, 6.07) is 7.94. The molecule has 216 valence electrons. The monoisotopic (exact) mass is 575 g/mol. The number of anilines is 1. The third-order valence-corrected chi connectivity index (χ3v) is 8.10. The van der Waals surface area contributed by atoms with Crippen LogP contribution >= 0.6 is 7.60 Å². The molecule has 2 unspecified atom stereocenters. The average molecular weight is 576 g/mol. The molecule has 3 rings (SSSR count). The van der Waals surface area contributed by atoms with Gasteiger partial charge in [0.1, 0.15) is 24.6 Å². The van der Waals surface area contributed by atoms with Gasteiger partial charge in [0.25, 0.3) is 0 Å². The van der Waals surface area contributed by atoms with Crippen molar-refractivity contribution in [1.29, 1.82) is 0 Å². The third kappa shape index (κ3) is 6.82. The van der Waals surface area contributed by atoms with Crippen molar-refractivity contribution in [3.05, 3.63) is 52.8 Å². The minimum Gasteiger partial charge on any atom is -0.463 e. The summed E-state index contributed by atoms with van der Waals surface area (Å²) in [5.41, 5.74) is 1.37. The molecule has 4 N–H and O–H groups in total. The minimum absolute atomic E-state index is 0.151. The second kappa shape index (κ2) is 12.1. The molecule has 0 saturated carbocycles. The number of esters is 1. The normalized spacial score (nSPS) is 26.1. The van der Waals surface area contributed by atoms with Crippen LogP contribution in [-0.2, 0) is 23.4 Å². The highest BCUT2D eigenvalue weighted by atomic mass is 31.2. The van der Waals surface area contributed by atoms with Gasteiger partial charge in [0.15, 0.2) is 23.5 Å². The third-order valence-electron chi connectivity index (χ3n) is 5.97. The number of benzene rings is 1. The Balaban J connectivity index is 1.91. The van der Waals surface area contributed by atoms with Crippen LogP contribution in [0.1, 0.15) is 33.9 Å². The Morgan fingerprint density at radius 3 is 2.51 bits per heavy atom. The second-order valence-electron chi connectivity index (χ2n) is 9.58. The maximum absolute atomic E-state index is 14.1. The van der Waals surface area contributed by atoms with E-state index < -0.39 is 85.9 Å². The summed E-state index contributed by atoms with van der Waals surface area (Å²) in [7, 11) is -4.22. The van der Waals surface area contributed by atoms with Crippen molar-refractivity contribution >= 4 is 19.4 Å². The fourth-order valence-corrected chi connectivity index (χ4v) is 6.12. The zero-order valence-corrected chi connectivity index (χ0v) is 22.7. The number of nitrogen functional groups attached to an aromatic ring is 1. The number of nitrogens with two attached hydrogens (primary N) is 1. The van der Waals surface area contributed by atoms with Gasteiger partial charge in [0, 0.05) is 0 Å². The van der Waals surface area contributed by atoms with Gasteiger partial charge in [-0.2, -0.15) is 4.98 Å². The van der Waals surface area contributed by atoms with Crippen LogP contribution in [0.4, 0.5) is 14.6 Å². The molecule has 1 fully saturated rings. The van der Waals surface area contributed by atoms with Gasteiger partial charge in [0.2, 0.25) is 0 Å². The number of aliphatic hydroxyl groups is 2. The highest BCUT2D eigenvalue weighted by Crippen LogP contribution is 2.53. The lowest BCUT2D eigenvalue weighted by Crippen LogP contribution is -2.51. The van der Waals surface area contributed by atoms with Gasteiger partial charge in [-0.05, 0) is 32.9 Å². The van der Waals surface area contributed by atoms with Crippen LogP contribution < -0.4 is 15.9 Å². The Hall–Kier alpha value is -2.90. The number of halogens is 2. The van der Waals surface area contributed by atoms with Crippen LogP contribution in [0.15, 0.2) is 41.3 Å². The number of carbonyl (C=O) groups is 1. The van der Waals surface area contributed by atoms with E-state index in [1.807, 2.05) is 0 Å². The van der Waals surface area contributed by atoms with E-state index in [4.69, 9.17) is 24.3 Å². The van der Waals surface area contributed by atoms with E-state index in [1.54, 1.807) is 32.0 Å². The van der Waals surface area contributed by atoms with Crippen molar-refractivity contribution in [3.63, 3.8) is 0 Å². The van der Waals surface area contributed by atoms with Gasteiger partial charge in [-0.15, -0.1) is 0 Å². The van der Waals surface area contributed by atoms with E-state index in [2.05, 4.69) is 4.98 Å². The molecule has 1 saturated heterocycles. The number of hydrogen-bond acceptors (Lipinski definition) is 11. The van der Waals surface area contributed by atoms with Crippen molar-refractivity contribution in [3.8, 4) is 5.75 Å². The van der Waals surface area contributed by atoms with Gasteiger partial charge in [-0.1, -0.05) is 25.1 Å². The number of aromatic nitrogens is 2. The quantitative estimate of drug-likeness (QED) is 0.265. The maximum Gasteiger partial charge on any atom is 0.380 e. The van der Waals surface area contributed by atoms with E-state index in [9.17, 15) is 33.1 Å². The molecule has 2 aromatic rings. The summed E-state index contributed by atoms with van der Waals surface area (Å²) >= 11 is 0. The maximum atomic E-state index is 14.1. The fraction of sp³-hybridized carbons (Fsp3) is 0.542. The van der Waals surface area contributed by atoms with Gasteiger partial charge < -0.3 is 29.9 Å². The first kappa shape index (κ1) is 30.6. The predicted molar refractivity (Wildman–Crippen MR) is 134 cm³/mol. The Kier molecular flexibility index (Phi) is 9.50. The smallest absolute Gasteiger partial charge is 0.380 e. The van der Waals surface area contributed by atoms with Crippen molar-refractivity contribution in [2.24, 2.45) is 5.92 Å². The van der Waals surface area contributed by atoms with Crippen LogP contribution in [-0.4, -0.2) is 68.6 Å². The molecule has 0 radical (unpaired) electrons. The molecule has 39 heavy (non-hydrogen) atoms. The lowest BCUT2D eigenvalue weighted by Gasteiger charge is -2.30. The fourth-order valence-electron chi connectivity index (χ4n) is 4.03. The number of rotatable bonds is 11. The van der Waals surface area contributed by atoms with E-state index >= 15 is 0 Å². The van der Waals surface area contributed by atoms with E-state index in [1.165, 1.54) is 26.0 Å². The molecule has 1 aromatic carbocycles. The molecule has 1 aromatic heterocycles. The Labute approximate surface area is 223 Å². The zero-order chi connectivity index (χ0) is 29.1. The largest absolute Gasteiger partial charge is 0.463 e. The Morgan fingerprint density at radius 1 is 1.28 bits per heavy atom. The molecule has 2 heterocycles. The summed E-state index contributed by atoms with van der Waals surface area (Å²) in [6.07, 6.45) is -7.25. The minimum atomic E-state index is -4.22. The van der Waals surface area contributed by atoms with Crippen LogP contribution in [0.2, 0.25) is 0 Å². The summed E-state index contributed by atoms with van der Waals surface area (Å²) in [4.78, 5) is 28.0. The van der Waals surface area contributed by atoms with E-state index in [0.29, 0.717) is 10.8 Å². The van der Waals surface area contributed by atoms with Crippen LogP contribution in [0, 0.1) is 11.7 Å². The van der Waals surface area contributed by atoms with Crippen molar-refractivity contribution in [1.82, 2.24) is 9.55 Å². The number of aliphatic hydroxyl groups excluding tert-OH is 1. The number of ether oxygens (including phenoxy) is 2. The van der Waals surface area contributed by atoms with Crippen LogP contribution in [0.5, 0.6) is 5.75 Å². The number of carbonyl (C=O) groups excluding carboxylic acids is 1. The lowest BCUT2D eigenvalue weighted by atomic mass is 9.93. The molecule has 15 heteroatoms. The molecule has 7 atom stereocenters. The molecule has 0 spiro atoms. The molecular formula is C24H32F2N3O9P. The van der Waals surface area contributed by atoms with Gasteiger partial charge in [-0.25, -0.2) is 18.1 Å². The first-order valence-corrected chi connectivity index (χ1v) is 13.8. The molecule has 1 aliphatic rings. The van der Waals surface area contributed by atoms with Crippen LogP contribution in [0.3, 0.4) is 0 Å². The summed E-state index contributed by atoms with van der Waals surface area (Å²) in [5.74, 6) is -3.32. The number of nitrogens with zero attached hydrogens (tertiary/aromatic N) is 2. The lowest BCUT2D eigenvalue weighted by molar-refractivity contribution is -0.151. The SMILES string of the molecule is CC(C)OC(=O)[C@H](C)CP(=O)(Oc1ccccc1)O[C@@H](C)[C@H]1O[C@@H](n2cc(F)c(N)nc2=O)C(O)(CF)[C@H]1O. The Bertz CT molecular complexity index is 1270. The number of para-hydroxylation sites is 1. The molecular weight excluding hydrogens is 543 g/mol.